The highest BCUT2D eigenvalue weighted by Gasteiger charge is 2.31. The van der Waals surface area contributed by atoms with Gasteiger partial charge in [0, 0.05) is 19.2 Å². The Morgan fingerprint density at radius 3 is 3.00 bits per heavy atom. The number of nitrogens with one attached hydrogen (secondary N) is 2. The number of thioether (sulfide) groups is 1. The number of fused-ring (bicyclic) bond motifs is 1. The zero-order chi connectivity index (χ0) is 18.0. The number of rotatable bonds is 5. The zero-order valence-corrected chi connectivity index (χ0v) is 15.1. The quantitative estimate of drug-likeness (QED) is 0.796. The lowest BCUT2D eigenvalue weighted by Gasteiger charge is -2.25. The molecule has 132 valence electrons. The number of hydrogen-bond donors (Lipinski definition) is 2. The molecule has 0 fully saturated rings. The molecule has 8 heteroatoms. The highest BCUT2D eigenvalue weighted by molar-refractivity contribution is 7.98. The van der Waals surface area contributed by atoms with Crippen LogP contribution in [0, 0.1) is 0 Å². The summed E-state index contributed by atoms with van der Waals surface area (Å²) in [5, 5.41) is 6.60. The van der Waals surface area contributed by atoms with E-state index >= 15 is 0 Å². The number of anilines is 1. The Labute approximate surface area is 150 Å². The number of hydrogen-bond acceptors (Lipinski definition) is 5. The van der Waals surface area contributed by atoms with Crippen molar-refractivity contribution in [2.45, 2.75) is 24.0 Å². The Balaban J connectivity index is 1.78. The molecule has 1 unspecified atom stereocenters. The van der Waals surface area contributed by atoms with Crippen molar-refractivity contribution in [3.05, 3.63) is 35.7 Å². The molecule has 2 aromatic rings. The molecule has 0 aliphatic carbocycles. The fourth-order valence-electron chi connectivity index (χ4n) is 2.88. The Morgan fingerprint density at radius 2 is 2.32 bits per heavy atom. The first-order chi connectivity index (χ1) is 12.0. The van der Waals surface area contributed by atoms with E-state index in [1.165, 1.54) is 0 Å². The number of carbonyl (C=O) groups excluding carboxylic acids is 2. The van der Waals surface area contributed by atoms with E-state index < -0.39 is 5.92 Å². The van der Waals surface area contributed by atoms with E-state index in [0.717, 1.165) is 16.4 Å². The highest BCUT2D eigenvalue weighted by Crippen LogP contribution is 2.35. The van der Waals surface area contributed by atoms with Crippen LogP contribution in [0.2, 0.25) is 0 Å². The van der Waals surface area contributed by atoms with E-state index in [2.05, 4.69) is 15.6 Å². The van der Waals surface area contributed by atoms with Gasteiger partial charge in [0.1, 0.15) is 5.75 Å². The lowest BCUT2D eigenvalue weighted by molar-refractivity contribution is -0.126. The Bertz CT molecular complexity index is 818. The predicted molar refractivity (Wildman–Crippen MR) is 95.8 cm³/mol. The minimum absolute atomic E-state index is 0.119. The molecule has 3 rings (SSSR count). The summed E-state index contributed by atoms with van der Waals surface area (Å²) in [4.78, 5) is 28.9. The van der Waals surface area contributed by atoms with Gasteiger partial charge in [0.05, 0.1) is 31.5 Å². The van der Waals surface area contributed by atoms with E-state index in [9.17, 15) is 9.59 Å². The van der Waals surface area contributed by atoms with Gasteiger partial charge in [-0.2, -0.15) is 0 Å². The number of methoxy groups -OCH3 is 1. The minimum atomic E-state index is -0.535. The van der Waals surface area contributed by atoms with Gasteiger partial charge in [-0.25, -0.2) is 4.98 Å². The van der Waals surface area contributed by atoms with Crippen molar-refractivity contribution in [1.82, 2.24) is 14.9 Å². The van der Waals surface area contributed by atoms with E-state index in [4.69, 9.17) is 4.74 Å². The molecule has 2 heterocycles. The molecule has 2 N–H and O–H groups in total. The fraction of sp³-hybridized carbons (Fsp3) is 0.353. The van der Waals surface area contributed by atoms with E-state index in [1.807, 2.05) is 17.9 Å². The number of aromatic nitrogens is 2. The molecule has 0 saturated heterocycles. The summed E-state index contributed by atoms with van der Waals surface area (Å²) in [6.07, 6.45) is 3.82. The highest BCUT2D eigenvalue weighted by atomic mass is 32.2. The van der Waals surface area contributed by atoms with Crippen LogP contribution in [-0.2, 0) is 23.2 Å². The van der Waals surface area contributed by atoms with Crippen molar-refractivity contribution < 1.29 is 14.3 Å². The number of ether oxygens (including phenoxy) is 1. The third-order valence-electron chi connectivity index (χ3n) is 4.28. The van der Waals surface area contributed by atoms with Gasteiger partial charge in [0.2, 0.25) is 11.8 Å². The van der Waals surface area contributed by atoms with Crippen LogP contribution in [0.3, 0.4) is 0 Å². The second kappa shape index (κ2) is 7.18. The summed E-state index contributed by atoms with van der Waals surface area (Å²) in [6, 6.07) is 5.32. The average Bonchev–Trinajstić information content (AvgIpc) is 2.98. The first kappa shape index (κ1) is 17.3. The van der Waals surface area contributed by atoms with Crippen molar-refractivity contribution in [1.29, 1.82) is 0 Å². The molecule has 0 bridgehead atoms. The molecule has 0 spiro atoms. The zero-order valence-electron chi connectivity index (χ0n) is 14.3. The van der Waals surface area contributed by atoms with Crippen LogP contribution in [0.4, 0.5) is 5.69 Å². The van der Waals surface area contributed by atoms with Gasteiger partial charge in [-0.1, -0.05) is 11.8 Å². The normalized spacial score (nSPS) is 16.1. The van der Waals surface area contributed by atoms with Crippen LogP contribution in [0.5, 0.6) is 5.75 Å². The summed E-state index contributed by atoms with van der Waals surface area (Å²) in [7, 11) is 3.48. The third kappa shape index (κ3) is 3.48. The topological polar surface area (TPSA) is 85.2 Å². The van der Waals surface area contributed by atoms with Crippen LogP contribution in [0.25, 0.3) is 0 Å². The minimum Gasteiger partial charge on any atom is -0.497 e. The van der Waals surface area contributed by atoms with Crippen LogP contribution in [0.15, 0.2) is 29.6 Å². The van der Waals surface area contributed by atoms with Crippen molar-refractivity contribution in [2.75, 3.05) is 18.7 Å². The number of nitrogens with zero attached hydrogens (tertiary/aromatic N) is 2. The van der Waals surface area contributed by atoms with Crippen molar-refractivity contribution in [2.24, 2.45) is 7.05 Å². The molecule has 7 nitrogen and oxygen atoms in total. The molecule has 1 aliphatic heterocycles. The first-order valence-corrected chi connectivity index (χ1v) is 9.06. The molecule has 25 heavy (non-hydrogen) atoms. The molecular formula is C17H20N4O3S. The summed E-state index contributed by atoms with van der Waals surface area (Å²) in [5.74, 6) is -0.227. The predicted octanol–water partition coefficient (Wildman–Crippen LogP) is 1.89. The van der Waals surface area contributed by atoms with E-state index in [0.29, 0.717) is 18.0 Å². The molecule has 0 saturated carbocycles. The first-order valence-electron chi connectivity index (χ1n) is 7.83. The maximum Gasteiger partial charge on any atom is 0.228 e. The van der Waals surface area contributed by atoms with Gasteiger partial charge >= 0.3 is 0 Å². The maximum atomic E-state index is 12.7. The van der Waals surface area contributed by atoms with Crippen LogP contribution in [0.1, 0.15) is 23.6 Å². The Kier molecular flexibility index (Phi) is 4.98. The van der Waals surface area contributed by atoms with Crippen molar-refractivity contribution in [3.8, 4) is 5.75 Å². The van der Waals surface area contributed by atoms with E-state index in [-0.39, 0.29) is 18.2 Å². The number of carbonyl (C=O) groups is 2. The summed E-state index contributed by atoms with van der Waals surface area (Å²) in [6.45, 7) is 0.361. The summed E-state index contributed by atoms with van der Waals surface area (Å²) >= 11 is 1.55. The van der Waals surface area contributed by atoms with Gasteiger partial charge in [0.25, 0.3) is 0 Å². The van der Waals surface area contributed by atoms with Gasteiger partial charge in [-0.05, 0) is 30.0 Å². The van der Waals surface area contributed by atoms with E-state index in [1.54, 1.807) is 43.3 Å². The summed E-state index contributed by atoms with van der Waals surface area (Å²) < 4.78 is 7.18. The molecular weight excluding hydrogens is 340 g/mol. The Morgan fingerprint density at radius 1 is 1.52 bits per heavy atom. The van der Waals surface area contributed by atoms with Gasteiger partial charge in [0.15, 0.2) is 5.16 Å². The van der Waals surface area contributed by atoms with Crippen LogP contribution >= 0.6 is 11.8 Å². The number of amides is 2. The fourth-order valence-corrected chi connectivity index (χ4v) is 3.43. The second-order valence-electron chi connectivity index (χ2n) is 5.77. The maximum absolute atomic E-state index is 12.7. The van der Waals surface area contributed by atoms with Crippen molar-refractivity contribution in [3.63, 3.8) is 0 Å². The lowest BCUT2D eigenvalue weighted by atomic mass is 9.89. The van der Waals surface area contributed by atoms with Gasteiger partial charge in [-0.15, -0.1) is 0 Å². The molecule has 2 amide bonds. The number of imidazole rings is 1. The average molecular weight is 360 g/mol. The second-order valence-corrected chi connectivity index (χ2v) is 6.54. The molecule has 1 aromatic carbocycles. The Hall–Kier alpha value is -2.48. The van der Waals surface area contributed by atoms with Crippen molar-refractivity contribution >= 4 is 29.3 Å². The smallest absolute Gasteiger partial charge is 0.228 e. The van der Waals surface area contributed by atoms with Crippen LogP contribution in [-0.4, -0.2) is 34.7 Å². The molecule has 1 atom stereocenters. The standard InChI is InChI=1S/C17H20N4O3S/c1-21-10(9-19-17(21)25-3)8-18-16(23)13-7-15(22)20-14-5-4-11(24-2)6-12(13)14/h4-6,9,13H,7-8H2,1-3H3,(H,18,23)(H,20,22). The van der Waals surface area contributed by atoms with Gasteiger partial charge in [-0.3, -0.25) is 9.59 Å². The third-order valence-corrected chi connectivity index (χ3v) is 5.03. The summed E-state index contributed by atoms with van der Waals surface area (Å²) in [5.41, 5.74) is 2.33. The number of benzene rings is 1. The monoisotopic (exact) mass is 360 g/mol. The van der Waals surface area contributed by atoms with Crippen LogP contribution < -0.4 is 15.4 Å². The lowest BCUT2D eigenvalue weighted by Crippen LogP contribution is -2.35. The molecule has 0 radical (unpaired) electrons. The van der Waals surface area contributed by atoms with Gasteiger partial charge < -0.3 is 19.9 Å². The molecule has 1 aliphatic rings. The molecule has 1 aromatic heterocycles. The largest absolute Gasteiger partial charge is 0.497 e. The SMILES string of the molecule is COc1ccc2c(c1)C(C(=O)NCc1cnc(SC)n1C)CC(=O)N2.